The minimum Gasteiger partial charge on any atom is -0.373 e. The van der Waals surface area contributed by atoms with Crippen molar-refractivity contribution in [1.82, 2.24) is 0 Å². The van der Waals surface area contributed by atoms with Gasteiger partial charge in [-0.25, -0.2) is 0 Å². The first-order valence-corrected chi connectivity index (χ1v) is 9.32. The first kappa shape index (κ1) is 13.7. The Morgan fingerprint density at radius 2 is 1.50 bits per heavy atom. The van der Waals surface area contributed by atoms with Crippen molar-refractivity contribution in [3.8, 4) is 0 Å². The van der Waals surface area contributed by atoms with Crippen LogP contribution in [0.2, 0.25) is 0 Å². The van der Waals surface area contributed by atoms with Gasteiger partial charge in [-0.2, -0.15) is 0 Å². The molecule has 1 nitrogen and oxygen atoms in total. The topological polar surface area (TPSA) is 12.0 Å². The van der Waals surface area contributed by atoms with Crippen molar-refractivity contribution in [3.05, 3.63) is 69.0 Å². The van der Waals surface area contributed by atoms with Crippen LogP contribution >= 0.6 is 34.4 Å². The molecule has 0 fully saturated rings. The van der Waals surface area contributed by atoms with Gasteiger partial charge in [-0.1, -0.05) is 12.1 Å². The third-order valence-corrected chi connectivity index (χ3v) is 5.67. The van der Waals surface area contributed by atoms with E-state index in [4.69, 9.17) is 0 Å². The van der Waals surface area contributed by atoms with Crippen molar-refractivity contribution in [1.29, 1.82) is 0 Å². The molecule has 4 heteroatoms. The van der Waals surface area contributed by atoms with E-state index >= 15 is 0 Å². The molecule has 0 atom stereocenters. The SMILES string of the molecule is CSc1ccc(NC(c2cccs2)c2cccs2)cc1. The molecule has 2 heterocycles. The molecular formula is C16H15NS3. The lowest BCUT2D eigenvalue weighted by Crippen LogP contribution is -2.09. The van der Waals surface area contributed by atoms with Gasteiger partial charge in [-0.15, -0.1) is 34.4 Å². The quantitative estimate of drug-likeness (QED) is 0.603. The van der Waals surface area contributed by atoms with E-state index in [0.717, 1.165) is 5.69 Å². The lowest BCUT2D eigenvalue weighted by Gasteiger charge is -2.17. The summed E-state index contributed by atoms with van der Waals surface area (Å²) in [6.07, 6.45) is 2.10. The maximum Gasteiger partial charge on any atom is 0.0953 e. The largest absolute Gasteiger partial charge is 0.373 e. The van der Waals surface area contributed by atoms with Crippen molar-refractivity contribution in [2.75, 3.05) is 11.6 Å². The molecule has 0 spiro atoms. The second-order valence-electron chi connectivity index (χ2n) is 4.34. The normalized spacial score (nSPS) is 10.9. The predicted octanol–water partition coefficient (Wildman–Crippen LogP) is 5.73. The molecule has 0 aliphatic carbocycles. The van der Waals surface area contributed by atoms with E-state index in [2.05, 4.69) is 70.9 Å². The van der Waals surface area contributed by atoms with E-state index < -0.39 is 0 Å². The number of thiophene rings is 2. The average Bonchev–Trinajstić information content (AvgIpc) is 3.19. The number of benzene rings is 1. The third kappa shape index (κ3) is 3.08. The van der Waals surface area contributed by atoms with Crippen LogP contribution in [-0.2, 0) is 0 Å². The number of hydrogen-bond acceptors (Lipinski definition) is 4. The molecule has 20 heavy (non-hydrogen) atoms. The van der Waals surface area contributed by atoms with Gasteiger partial charge in [-0.3, -0.25) is 0 Å². The van der Waals surface area contributed by atoms with Crippen LogP contribution in [0.25, 0.3) is 0 Å². The van der Waals surface area contributed by atoms with Crippen LogP contribution < -0.4 is 5.32 Å². The second kappa shape index (κ2) is 6.48. The second-order valence-corrected chi connectivity index (χ2v) is 7.17. The molecule has 0 saturated carbocycles. The zero-order valence-corrected chi connectivity index (χ0v) is 13.5. The molecule has 0 aliphatic rings. The molecule has 1 N–H and O–H groups in total. The van der Waals surface area contributed by atoms with Gasteiger partial charge >= 0.3 is 0 Å². The lowest BCUT2D eigenvalue weighted by atomic mass is 10.2. The lowest BCUT2D eigenvalue weighted by molar-refractivity contribution is 0.992. The zero-order chi connectivity index (χ0) is 13.8. The predicted molar refractivity (Wildman–Crippen MR) is 92.3 cm³/mol. The van der Waals surface area contributed by atoms with E-state index in [9.17, 15) is 0 Å². The zero-order valence-electron chi connectivity index (χ0n) is 11.1. The number of anilines is 1. The minimum atomic E-state index is 0.245. The van der Waals surface area contributed by atoms with Gasteiger partial charge in [0.25, 0.3) is 0 Å². The Kier molecular flexibility index (Phi) is 4.45. The third-order valence-electron chi connectivity index (χ3n) is 3.06. The van der Waals surface area contributed by atoms with Crippen LogP contribution in [0.1, 0.15) is 15.8 Å². The molecule has 0 amide bonds. The van der Waals surface area contributed by atoms with Gasteiger partial charge in [0.05, 0.1) is 6.04 Å². The molecule has 3 aromatic rings. The van der Waals surface area contributed by atoms with Gasteiger partial charge < -0.3 is 5.32 Å². The fraction of sp³-hybridized carbons (Fsp3) is 0.125. The Hall–Kier alpha value is -1.23. The summed E-state index contributed by atoms with van der Waals surface area (Å²) in [6.45, 7) is 0. The van der Waals surface area contributed by atoms with E-state index in [1.807, 2.05) is 0 Å². The van der Waals surface area contributed by atoms with E-state index in [0.29, 0.717) is 0 Å². The van der Waals surface area contributed by atoms with Crippen molar-refractivity contribution >= 4 is 40.1 Å². The standard InChI is InChI=1S/C16H15NS3/c1-18-13-8-6-12(7-9-13)17-16(14-4-2-10-19-14)15-5-3-11-20-15/h2-11,16-17H,1H3. The Morgan fingerprint density at radius 1 is 0.900 bits per heavy atom. The van der Waals surface area contributed by atoms with E-state index in [1.54, 1.807) is 34.4 Å². The van der Waals surface area contributed by atoms with Gasteiger partial charge in [0.2, 0.25) is 0 Å². The minimum absolute atomic E-state index is 0.245. The maximum atomic E-state index is 3.65. The molecular weight excluding hydrogens is 302 g/mol. The van der Waals surface area contributed by atoms with Gasteiger partial charge in [0.1, 0.15) is 0 Å². The van der Waals surface area contributed by atoms with Crippen LogP contribution in [0.15, 0.2) is 64.2 Å². The highest BCUT2D eigenvalue weighted by Gasteiger charge is 2.15. The summed E-state index contributed by atoms with van der Waals surface area (Å²) in [4.78, 5) is 3.99. The summed E-state index contributed by atoms with van der Waals surface area (Å²) in [7, 11) is 0. The van der Waals surface area contributed by atoms with Crippen LogP contribution in [0.5, 0.6) is 0 Å². The number of rotatable bonds is 5. The molecule has 0 radical (unpaired) electrons. The maximum absolute atomic E-state index is 3.65. The highest BCUT2D eigenvalue weighted by molar-refractivity contribution is 7.98. The molecule has 102 valence electrons. The molecule has 1 aromatic carbocycles. The fourth-order valence-electron chi connectivity index (χ4n) is 2.05. The molecule has 2 aromatic heterocycles. The van der Waals surface area contributed by atoms with Crippen molar-refractivity contribution in [2.45, 2.75) is 10.9 Å². The molecule has 0 aliphatic heterocycles. The Labute approximate surface area is 131 Å². The van der Waals surface area contributed by atoms with Crippen LogP contribution in [-0.4, -0.2) is 6.26 Å². The van der Waals surface area contributed by atoms with Gasteiger partial charge in [0.15, 0.2) is 0 Å². The number of nitrogens with one attached hydrogen (secondary N) is 1. The summed E-state index contributed by atoms with van der Waals surface area (Å²) < 4.78 is 0. The Bertz CT molecular complexity index is 593. The average molecular weight is 318 g/mol. The fourth-order valence-corrected chi connectivity index (χ4v) is 4.12. The van der Waals surface area contributed by atoms with Crippen molar-refractivity contribution in [2.24, 2.45) is 0 Å². The van der Waals surface area contributed by atoms with E-state index in [1.165, 1.54) is 14.6 Å². The van der Waals surface area contributed by atoms with Crippen LogP contribution in [0.4, 0.5) is 5.69 Å². The van der Waals surface area contributed by atoms with Crippen LogP contribution in [0, 0.1) is 0 Å². The Balaban J connectivity index is 1.86. The van der Waals surface area contributed by atoms with Gasteiger partial charge in [0, 0.05) is 20.3 Å². The van der Waals surface area contributed by atoms with E-state index in [-0.39, 0.29) is 6.04 Å². The Morgan fingerprint density at radius 3 is 1.95 bits per heavy atom. The highest BCUT2D eigenvalue weighted by Crippen LogP contribution is 2.32. The molecule has 0 saturated heterocycles. The summed E-state index contributed by atoms with van der Waals surface area (Å²) in [5, 5.41) is 7.91. The molecule has 0 bridgehead atoms. The van der Waals surface area contributed by atoms with Gasteiger partial charge in [-0.05, 0) is 53.4 Å². The molecule has 3 rings (SSSR count). The number of hydrogen-bond donors (Lipinski definition) is 1. The highest BCUT2D eigenvalue weighted by atomic mass is 32.2. The van der Waals surface area contributed by atoms with Crippen molar-refractivity contribution in [3.63, 3.8) is 0 Å². The smallest absolute Gasteiger partial charge is 0.0953 e. The number of thioether (sulfide) groups is 1. The van der Waals surface area contributed by atoms with Crippen LogP contribution in [0.3, 0.4) is 0 Å². The summed E-state index contributed by atoms with van der Waals surface area (Å²) in [5.41, 5.74) is 1.16. The summed E-state index contributed by atoms with van der Waals surface area (Å²) >= 11 is 5.36. The summed E-state index contributed by atoms with van der Waals surface area (Å²) in [6, 6.07) is 17.5. The first-order valence-electron chi connectivity index (χ1n) is 6.34. The molecule has 0 unspecified atom stereocenters. The van der Waals surface area contributed by atoms with Crippen molar-refractivity contribution < 1.29 is 0 Å². The summed E-state index contributed by atoms with van der Waals surface area (Å²) in [5.74, 6) is 0. The first-order chi connectivity index (χ1) is 9.86. The monoisotopic (exact) mass is 317 g/mol.